The Morgan fingerprint density at radius 1 is 0.750 bits per heavy atom. The molecule has 3 nitrogen and oxygen atoms in total. The van der Waals surface area contributed by atoms with E-state index < -0.39 is 5.63 Å². The van der Waals surface area contributed by atoms with Gasteiger partial charge >= 0.3 is 5.63 Å². The van der Waals surface area contributed by atoms with E-state index in [-0.39, 0.29) is 5.02 Å². The van der Waals surface area contributed by atoms with Gasteiger partial charge in [0, 0.05) is 16.3 Å². The smallest absolute Gasteiger partial charge is 0.355 e. The molecule has 20 heavy (non-hydrogen) atoms. The van der Waals surface area contributed by atoms with Crippen LogP contribution in [0.4, 0.5) is 0 Å². The molecule has 1 aromatic carbocycles. The Kier molecular flexibility index (Phi) is 2.89. The third kappa shape index (κ3) is 1.57. The number of fused-ring (bicyclic) bond motifs is 2. The maximum absolute atomic E-state index is 11.8. The van der Waals surface area contributed by atoms with Crippen molar-refractivity contribution < 1.29 is 8.83 Å². The zero-order valence-corrected chi connectivity index (χ0v) is 13.0. The van der Waals surface area contributed by atoms with E-state index in [1.54, 1.807) is 6.92 Å². The Labute approximate surface area is 125 Å². The molecule has 0 fully saturated rings. The van der Waals surface area contributed by atoms with E-state index in [9.17, 15) is 4.79 Å². The fourth-order valence-electron chi connectivity index (χ4n) is 2.69. The van der Waals surface area contributed by atoms with Gasteiger partial charge in [-0.3, -0.25) is 0 Å². The molecule has 0 unspecified atom stereocenters. The third-order valence-electron chi connectivity index (χ3n) is 3.75. The largest absolute Gasteiger partial charge is 0.459 e. The highest BCUT2D eigenvalue weighted by atomic mass is 35.5. The molecule has 104 valence electrons. The van der Waals surface area contributed by atoms with Crippen molar-refractivity contribution in [2.24, 2.45) is 0 Å². The van der Waals surface area contributed by atoms with Crippen LogP contribution in [0.25, 0.3) is 21.9 Å². The van der Waals surface area contributed by atoms with E-state index in [2.05, 4.69) is 0 Å². The summed E-state index contributed by atoms with van der Waals surface area (Å²) in [6.45, 7) is 7.39. The summed E-state index contributed by atoms with van der Waals surface area (Å²) in [5.41, 5.74) is 3.00. The lowest BCUT2D eigenvalue weighted by Gasteiger charge is -2.10. The van der Waals surface area contributed by atoms with Gasteiger partial charge in [-0.2, -0.15) is 0 Å². The number of hydrogen-bond acceptors (Lipinski definition) is 3. The van der Waals surface area contributed by atoms with Crippen LogP contribution < -0.4 is 5.63 Å². The average molecular weight is 311 g/mol. The predicted molar refractivity (Wildman–Crippen MR) is 81.2 cm³/mol. The summed E-state index contributed by atoms with van der Waals surface area (Å²) in [5.74, 6) is 0.647. The predicted octanol–water partition coefficient (Wildman–Crippen LogP) is 5.08. The number of aryl methyl sites for hydroxylation is 4. The van der Waals surface area contributed by atoms with Crippen molar-refractivity contribution in [3.8, 4) is 0 Å². The van der Waals surface area contributed by atoms with Gasteiger partial charge in [-0.25, -0.2) is 4.79 Å². The zero-order valence-electron chi connectivity index (χ0n) is 11.5. The summed E-state index contributed by atoms with van der Waals surface area (Å²) in [6, 6.07) is 0. The summed E-state index contributed by atoms with van der Waals surface area (Å²) >= 11 is 12.3. The minimum atomic E-state index is -0.534. The molecule has 0 bridgehead atoms. The molecule has 3 aromatic rings. The number of halogens is 2. The first-order chi connectivity index (χ1) is 9.34. The normalized spacial score (nSPS) is 11.7. The van der Waals surface area contributed by atoms with Gasteiger partial charge in [0.2, 0.25) is 0 Å². The molecule has 0 amide bonds. The highest BCUT2D eigenvalue weighted by molar-refractivity contribution is 6.37. The van der Waals surface area contributed by atoms with Gasteiger partial charge in [0.05, 0.1) is 5.02 Å². The molecular formula is C15H12Cl2O3. The number of furan rings is 1. The van der Waals surface area contributed by atoms with Gasteiger partial charge in [-0.05, 0) is 38.8 Å². The summed E-state index contributed by atoms with van der Waals surface area (Å²) in [7, 11) is 0. The monoisotopic (exact) mass is 310 g/mol. The van der Waals surface area contributed by atoms with E-state index in [0.29, 0.717) is 27.5 Å². The molecule has 3 rings (SSSR count). The summed E-state index contributed by atoms with van der Waals surface area (Å²) in [6.07, 6.45) is 0. The van der Waals surface area contributed by atoms with Gasteiger partial charge in [0.15, 0.2) is 0 Å². The average Bonchev–Trinajstić information content (AvgIpc) is 2.70. The molecular weight excluding hydrogens is 299 g/mol. The first kappa shape index (κ1) is 13.5. The first-order valence-corrected chi connectivity index (χ1v) is 6.90. The highest BCUT2D eigenvalue weighted by Crippen LogP contribution is 2.40. The SMILES string of the molecule is Cc1oc2c(C)c3oc(=O)c(Cl)c(C)c3c(C)c2c1Cl. The van der Waals surface area contributed by atoms with Gasteiger partial charge in [0.25, 0.3) is 0 Å². The van der Waals surface area contributed by atoms with Crippen molar-refractivity contribution in [2.75, 3.05) is 0 Å². The lowest BCUT2D eigenvalue weighted by atomic mass is 9.99. The van der Waals surface area contributed by atoms with Crippen molar-refractivity contribution in [2.45, 2.75) is 27.7 Å². The minimum Gasteiger partial charge on any atom is -0.459 e. The molecule has 0 aliphatic rings. The summed E-state index contributed by atoms with van der Waals surface area (Å²) in [5, 5.41) is 2.37. The molecule has 0 atom stereocenters. The Bertz CT molecular complexity index is 932. The number of hydrogen-bond donors (Lipinski definition) is 0. The van der Waals surface area contributed by atoms with Gasteiger partial charge in [-0.1, -0.05) is 23.2 Å². The fraction of sp³-hybridized carbons (Fsp3) is 0.267. The lowest BCUT2D eigenvalue weighted by molar-refractivity contribution is 0.551. The first-order valence-electron chi connectivity index (χ1n) is 6.15. The third-order valence-corrected chi connectivity index (χ3v) is 4.64. The molecule has 2 aromatic heterocycles. The molecule has 0 N–H and O–H groups in total. The molecule has 0 radical (unpaired) electrons. The maximum Gasteiger partial charge on any atom is 0.355 e. The molecule has 0 saturated carbocycles. The topological polar surface area (TPSA) is 43.4 Å². The van der Waals surface area contributed by atoms with E-state index in [4.69, 9.17) is 32.0 Å². The zero-order chi connectivity index (χ0) is 14.8. The lowest BCUT2D eigenvalue weighted by Crippen LogP contribution is -2.03. The minimum absolute atomic E-state index is 0.107. The van der Waals surface area contributed by atoms with Crippen LogP contribution >= 0.6 is 23.2 Å². The van der Waals surface area contributed by atoms with Crippen LogP contribution in [0.1, 0.15) is 22.5 Å². The molecule has 0 aliphatic carbocycles. The maximum atomic E-state index is 11.8. The molecule has 5 heteroatoms. The summed E-state index contributed by atoms with van der Waals surface area (Å²) < 4.78 is 11.1. The van der Waals surface area contributed by atoms with Crippen molar-refractivity contribution in [1.82, 2.24) is 0 Å². The standard InChI is InChI=1S/C15H12Cl2O3/c1-5-9-6(2)11(16)15(18)20-13(9)7(3)14-10(5)12(17)8(4)19-14/h1-4H3. The van der Waals surface area contributed by atoms with Crippen LogP contribution in [0, 0.1) is 27.7 Å². The van der Waals surface area contributed by atoms with Crippen LogP contribution in [-0.2, 0) is 0 Å². The van der Waals surface area contributed by atoms with Crippen LogP contribution in [0.3, 0.4) is 0 Å². The van der Waals surface area contributed by atoms with Gasteiger partial charge in [0.1, 0.15) is 21.9 Å². The molecule has 0 saturated heterocycles. The van der Waals surface area contributed by atoms with Gasteiger partial charge in [-0.15, -0.1) is 0 Å². The Balaban J connectivity index is 2.74. The molecule has 0 spiro atoms. The van der Waals surface area contributed by atoms with Crippen molar-refractivity contribution in [3.63, 3.8) is 0 Å². The van der Waals surface area contributed by atoms with E-state index in [1.165, 1.54) is 0 Å². The Hall–Kier alpha value is -1.45. The van der Waals surface area contributed by atoms with E-state index in [1.807, 2.05) is 20.8 Å². The van der Waals surface area contributed by atoms with Crippen LogP contribution in [0.2, 0.25) is 10.0 Å². The quantitative estimate of drug-likeness (QED) is 0.544. The number of benzene rings is 1. The van der Waals surface area contributed by atoms with Crippen LogP contribution in [-0.4, -0.2) is 0 Å². The highest BCUT2D eigenvalue weighted by Gasteiger charge is 2.21. The van der Waals surface area contributed by atoms with E-state index >= 15 is 0 Å². The Morgan fingerprint density at radius 2 is 1.35 bits per heavy atom. The van der Waals surface area contributed by atoms with Crippen molar-refractivity contribution in [1.29, 1.82) is 0 Å². The van der Waals surface area contributed by atoms with Crippen LogP contribution in [0.15, 0.2) is 13.6 Å². The second-order valence-electron chi connectivity index (χ2n) is 4.96. The second-order valence-corrected chi connectivity index (χ2v) is 5.71. The van der Waals surface area contributed by atoms with Crippen molar-refractivity contribution in [3.05, 3.63) is 42.9 Å². The van der Waals surface area contributed by atoms with Crippen molar-refractivity contribution >= 4 is 45.1 Å². The fourth-order valence-corrected chi connectivity index (χ4v) is 3.09. The molecule has 0 aliphatic heterocycles. The van der Waals surface area contributed by atoms with Crippen LogP contribution in [0.5, 0.6) is 0 Å². The summed E-state index contributed by atoms with van der Waals surface area (Å²) in [4.78, 5) is 11.8. The van der Waals surface area contributed by atoms with E-state index in [0.717, 1.165) is 21.9 Å². The molecule has 2 heterocycles. The van der Waals surface area contributed by atoms with Gasteiger partial charge < -0.3 is 8.83 Å². The second kappa shape index (κ2) is 4.27. The number of rotatable bonds is 0. The Morgan fingerprint density at radius 3 is 2.00 bits per heavy atom.